The molecule has 1 aromatic carbocycles. The third-order valence-electron chi connectivity index (χ3n) is 2.93. The van der Waals surface area contributed by atoms with Gasteiger partial charge in [-0.3, -0.25) is 9.59 Å². The number of hydrogen-bond donors (Lipinski definition) is 1. The maximum absolute atomic E-state index is 12.7. The maximum atomic E-state index is 12.7. The summed E-state index contributed by atoms with van der Waals surface area (Å²) < 4.78 is 12.7. The van der Waals surface area contributed by atoms with E-state index in [4.69, 9.17) is 5.11 Å². The van der Waals surface area contributed by atoms with Gasteiger partial charge in [-0.1, -0.05) is 26.0 Å². The number of ketones is 1. The first-order valence-corrected chi connectivity index (χ1v) is 5.90. The van der Waals surface area contributed by atoms with Crippen LogP contribution in [-0.4, -0.2) is 16.9 Å². The summed E-state index contributed by atoms with van der Waals surface area (Å²) in [5.74, 6) is -2.26. The zero-order valence-corrected chi connectivity index (χ0v) is 10.5. The van der Waals surface area contributed by atoms with Crippen LogP contribution >= 0.6 is 0 Å². The van der Waals surface area contributed by atoms with Crippen molar-refractivity contribution in [2.24, 2.45) is 11.8 Å². The van der Waals surface area contributed by atoms with Crippen molar-refractivity contribution in [3.05, 3.63) is 35.6 Å². The highest BCUT2D eigenvalue weighted by Gasteiger charge is 2.20. The van der Waals surface area contributed by atoms with Crippen LogP contribution < -0.4 is 0 Å². The van der Waals surface area contributed by atoms with Gasteiger partial charge in [-0.15, -0.1) is 0 Å². The second kappa shape index (κ2) is 6.28. The average Bonchev–Trinajstić information content (AvgIpc) is 2.31. The van der Waals surface area contributed by atoms with E-state index in [1.54, 1.807) is 19.1 Å². The molecule has 0 bridgehead atoms. The van der Waals surface area contributed by atoms with Gasteiger partial charge in [-0.05, 0) is 24.1 Å². The normalized spacial score (nSPS) is 13.9. The molecule has 1 rings (SSSR count). The Morgan fingerprint density at radius 2 is 1.72 bits per heavy atom. The van der Waals surface area contributed by atoms with Crippen LogP contribution in [0, 0.1) is 17.7 Å². The second-order valence-electron chi connectivity index (χ2n) is 4.64. The third kappa shape index (κ3) is 4.28. The molecule has 1 N–H and O–H groups in total. The van der Waals surface area contributed by atoms with Gasteiger partial charge in [0.2, 0.25) is 0 Å². The fourth-order valence-electron chi connectivity index (χ4n) is 1.68. The molecule has 0 amide bonds. The number of carboxylic acid groups (broad SMARTS) is 1. The molecule has 0 spiro atoms. The highest BCUT2D eigenvalue weighted by Crippen LogP contribution is 2.14. The summed E-state index contributed by atoms with van der Waals surface area (Å²) in [5, 5.41) is 8.74. The largest absolute Gasteiger partial charge is 0.481 e. The van der Waals surface area contributed by atoms with E-state index in [9.17, 15) is 14.0 Å². The number of halogens is 1. The van der Waals surface area contributed by atoms with Crippen LogP contribution in [0.3, 0.4) is 0 Å². The molecular weight excluding hydrogens is 235 g/mol. The molecule has 0 radical (unpaired) electrons. The Hall–Kier alpha value is -1.71. The van der Waals surface area contributed by atoms with Crippen molar-refractivity contribution in [2.75, 3.05) is 0 Å². The zero-order valence-electron chi connectivity index (χ0n) is 10.5. The Morgan fingerprint density at radius 3 is 2.22 bits per heavy atom. The monoisotopic (exact) mass is 252 g/mol. The number of carbonyl (C=O) groups is 2. The summed E-state index contributed by atoms with van der Waals surface area (Å²) in [4.78, 5) is 22.5. The fraction of sp³-hybridized carbons (Fsp3) is 0.429. The SMILES string of the molecule is CC(Cc1ccc(F)cc1)C(=O)C[C@@H](C)C(=O)O. The molecule has 0 aliphatic carbocycles. The van der Waals surface area contributed by atoms with E-state index in [1.165, 1.54) is 19.1 Å². The number of carboxylic acids is 1. The van der Waals surface area contributed by atoms with Gasteiger partial charge in [0.25, 0.3) is 0 Å². The Bertz CT molecular complexity index is 425. The molecule has 0 saturated carbocycles. The molecule has 0 aliphatic heterocycles. The number of Topliss-reactive ketones (excluding diaryl/α,β-unsaturated/α-hetero) is 1. The predicted molar refractivity (Wildman–Crippen MR) is 65.7 cm³/mol. The van der Waals surface area contributed by atoms with Crippen molar-refractivity contribution in [2.45, 2.75) is 26.7 Å². The number of carbonyl (C=O) groups excluding carboxylic acids is 1. The minimum Gasteiger partial charge on any atom is -0.481 e. The molecule has 2 atom stereocenters. The van der Waals surface area contributed by atoms with Gasteiger partial charge in [-0.25, -0.2) is 4.39 Å². The molecule has 0 aliphatic rings. The molecule has 98 valence electrons. The van der Waals surface area contributed by atoms with Crippen molar-refractivity contribution in [3.8, 4) is 0 Å². The Labute approximate surface area is 106 Å². The molecule has 0 saturated heterocycles. The molecule has 4 heteroatoms. The van der Waals surface area contributed by atoms with Crippen LogP contribution in [0.5, 0.6) is 0 Å². The number of hydrogen-bond acceptors (Lipinski definition) is 2. The van der Waals surface area contributed by atoms with Crippen molar-refractivity contribution in [3.63, 3.8) is 0 Å². The number of benzene rings is 1. The van der Waals surface area contributed by atoms with Crippen LogP contribution in [0.1, 0.15) is 25.8 Å². The third-order valence-corrected chi connectivity index (χ3v) is 2.93. The Kier molecular flexibility index (Phi) is 5.01. The molecule has 0 fully saturated rings. The molecule has 0 heterocycles. The van der Waals surface area contributed by atoms with Gasteiger partial charge in [-0.2, -0.15) is 0 Å². The van der Waals surface area contributed by atoms with Gasteiger partial charge < -0.3 is 5.11 Å². The van der Waals surface area contributed by atoms with Crippen LogP contribution in [0.25, 0.3) is 0 Å². The summed E-state index contributed by atoms with van der Waals surface area (Å²) in [7, 11) is 0. The minimum absolute atomic E-state index is 0.0394. The average molecular weight is 252 g/mol. The Balaban J connectivity index is 2.54. The summed E-state index contributed by atoms with van der Waals surface area (Å²) in [6, 6.07) is 5.98. The Morgan fingerprint density at radius 1 is 1.17 bits per heavy atom. The first kappa shape index (κ1) is 14.4. The van der Waals surface area contributed by atoms with Gasteiger partial charge >= 0.3 is 5.97 Å². The molecular formula is C14H17FO3. The lowest BCUT2D eigenvalue weighted by Crippen LogP contribution is -2.20. The van der Waals surface area contributed by atoms with Crippen LogP contribution in [0.2, 0.25) is 0 Å². The van der Waals surface area contributed by atoms with Gasteiger partial charge in [0.15, 0.2) is 0 Å². The molecule has 0 aromatic heterocycles. The fourth-order valence-corrected chi connectivity index (χ4v) is 1.68. The van der Waals surface area contributed by atoms with Gasteiger partial charge in [0.05, 0.1) is 5.92 Å². The van der Waals surface area contributed by atoms with E-state index in [-0.39, 0.29) is 23.9 Å². The molecule has 3 nitrogen and oxygen atoms in total. The standard InChI is InChI=1S/C14H17FO3/c1-9(13(16)8-10(2)14(17)18)7-11-3-5-12(15)6-4-11/h3-6,9-10H,7-8H2,1-2H3,(H,17,18)/t9?,10-/m1/s1. The van der Waals surface area contributed by atoms with E-state index in [0.717, 1.165) is 5.56 Å². The molecule has 1 aromatic rings. The quantitative estimate of drug-likeness (QED) is 0.846. The minimum atomic E-state index is -0.961. The van der Waals surface area contributed by atoms with Gasteiger partial charge in [0.1, 0.15) is 11.6 Å². The van der Waals surface area contributed by atoms with E-state index >= 15 is 0 Å². The highest BCUT2D eigenvalue weighted by atomic mass is 19.1. The molecule has 18 heavy (non-hydrogen) atoms. The first-order valence-electron chi connectivity index (χ1n) is 5.90. The summed E-state index contributed by atoms with van der Waals surface area (Å²) in [6.45, 7) is 3.28. The van der Waals surface area contributed by atoms with Crippen molar-refractivity contribution in [1.29, 1.82) is 0 Å². The summed E-state index contributed by atoms with van der Waals surface area (Å²) in [6.07, 6.45) is 0.545. The molecule has 1 unspecified atom stereocenters. The van der Waals surface area contributed by atoms with Gasteiger partial charge in [0, 0.05) is 12.3 Å². The lowest BCUT2D eigenvalue weighted by atomic mass is 9.91. The predicted octanol–water partition coefficient (Wildman–Crippen LogP) is 2.68. The smallest absolute Gasteiger partial charge is 0.306 e. The number of aliphatic carboxylic acids is 1. The van der Waals surface area contributed by atoms with E-state index < -0.39 is 11.9 Å². The lowest BCUT2D eigenvalue weighted by Gasteiger charge is -2.12. The van der Waals surface area contributed by atoms with E-state index in [2.05, 4.69) is 0 Å². The second-order valence-corrected chi connectivity index (χ2v) is 4.64. The first-order chi connectivity index (χ1) is 8.40. The summed E-state index contributed by atoms with van der Waals surface area (Å²) >= 11 is 0. The van der Waals surface area contributed by atoms with Crippen molar-refractivity contribution >= 4 is 11.8 Å². The maximum Gasteiger partial charge on any atom is 0.306 e. The topological polar surface area (TPSA) is 54.4 Å². The van der Waals surface area contributed by atoms with E-state index in [1.807, 2.05) is 0 Å². The summed E-state index contributed by atoms with van der Waals surface area (Å²) in [5.41, 5.74) is 0.875. The van der Waals surface area contributed by atoms with E-state index in [0.29, 0.717) is 6.42 Å². The van der Waals surface area contributed by atoms with Crippen LogP contribution in [0.4, 0.5) is 4.39 Å². The lowest BCUT2D eigenvalue weighted by molar-refractivity contribution is -0.143. The highest BCUT2D eigenvalue weighted by molar-refractivity contribution is 5.85. The van der Waals surface area contributed by atoms with Crippen LogP contribution in [0.15, 0.2) is 24.3 Å². The number of rotatable bonds is 6. The van der Waals surface area contributed by atoms with Crippen molar-refractivity contribution < 1.29 is 19.1 Å². The zero-order chi connectivity index (χ0) is 13.7. The van der Waals surface area contributed by atoms with Crippen LogP contribution in [-0.2, 0) is 16.0 Å². The van der Waals surface area contributed by atoms with Crippen molar-refractivity contribution in [1.82, 2.24) is 0 Å².